The third-order valence-corrected chi connectivity index (χ3v) is 4.78. The zero-order valence-corrected chi connectivity index (χ0v) is 12.8. The quantitative estimate of drug-likeness (QED) is 0.672. The first-order chi connectivity index (χ1) is 10.3. The van der Waals surface area contributed by atoms with E-state index < -0.39 is 0 Å². The van der Waals surface area contributed by atoms with Gasteiger partial charge in [-0.3, -0.25) is 4.57 Å². The molecule has 0 bridgehead atoms. The fourth-order valence-corrected chi connectivity index (χ4v) is 3.65. The van der Waals surface area contributed by atoms with E-state index in [4.69, 9.17) is 16.3 Å². The van der Waals surface area contributed by atoms with Crippen molar-refractivity contribution in [2.75, 3.05) is 6.61 Å². The lowest BCUT2D eigenvalue weighted by Gasteiger charge is -2.24. The van der Waals surface area contributed by atoms with Crippen LogP contribution in [0.1, 0.15) is 25.5 Å². The highest BCUT2D eigenvalue weighted by Crippen LogP contribution is 2.34. The molecule has 0 saturated carbocycles. The fourth-order valence-electron chi connectivity index (χ4n) is 2.66. The van der Waals surface area contributed by atoms with Gasteiger partial charge in [0.15, 0.2) is 5.65 Å². The van der Waals surface area contributed by atoms with E-state index in [9.17, 15) is 0 Å². The molecule has 1 saturated heterocycles. The zero-order valence-electron chi connectivity index (χ0n) is 11.2. The van der Waals surface area contributed by atoms with Crippen LogP contribution in [0, 0.1) is 0 Å². The molecule has 4 heterocycles. The van der Waals surface area contributed by atoms with Gasteiger partial charge in [-0.15, -0.1) is 11.3 Å². The molecule has 1 aliphatic heterocycles. The van der Waals surface area contributed by atoms with Crippen LogP contribution in [0.4, 0.5) is 0 Å². The Morgan fingerprint density at radius 3 is 3.05 bits per heavy atom. The van der Waals surface area contributed by atoms with Crippen LogP contribution in [0.2, 0.25) is 5.28 Å². The number of hydrogen-bond acceptors (Lipinski definition) is 5. The first-order valence-electron chi connectivity index (χ1n) is 6.88. The Balaban J connectivity index is 1.89. The molecule has 1 unspecified atom stereocenters. The average Bonchev–Trinajstić information content (AvgIpc) is 3.14. The van der Waals surface area contributed by atoms with Crippen molar-refractivity contribution in [3.8, 4) is 10.6 Å². The first-order valence-corrected chi connectivity index (χ1v) is 8.14. The molecule has 1 aliphatic rings. The Morgan fingerprint density at radius 2 is 2.29 bits per heavy atom. The molecular formula is C14H13ClN4OS. The largest absolute Gasteiger partial charge is 0.358 e. The van der Waals surface area contributed by atoms with Gasteiger partial charge < -0.3 is 4.74 Å². The van der Waals surface area contributed by atoms with Crippen LogP contribution >= 0.6 is 22.9 Å². The van der Waals surface area contributed by atoms with Crippen LogP contribution in [0.5, 0.6) is 0 Å². The van der Waals surface area contributed by atoms with Crippen molar-refractivity contribution in [1.29, 1.82) is 0 Å². The molecule has 3 aromatic rings. The minimum absolute atomic E-state index is 0.0812. The molecule has 1 atom stereocenters. The topological polar surface area (TPSA) is 52.8 Å². The SMILES string of the molecule is Clc1nc2c(-c3cccs3)ncnc2n1C1CCCCO1. The summed E-state index contributed by atoms with van der Waals surface area (Å²) < 4.78 is 7.71. The van der Waals surface area contributed by atoms with E-state index in [1.165, 1.54) is 0 Å². The number of thiophene rings is 1. The number of ether oxygens (including phenoxy) is 1. The summed E-state index contributed by atoms with van der Waals surface area (Å²) in [4.78, 5) is 14.3. The third-order valence-electron chi connectivity index (χ3n) is 3.63. The smallest absolute Gasteiger partial charge is 0.207 e. The van der Waals surface area contributed by atoms with Crippen LogP contribution in [-0.4, -0.2) is 26.1 Å². The van der Waals surface area contributed by atoms with E-state index in [2.05, 4.69) is 15.0 Å². The summed E-state index contributed by atoms with van der Waals surface area (Å²) in [6, 6.07) is 4.02. The van der Waals surface area contributed by atoms with Crippen LogP contribution in [0.25, 0.3) is 21.7 Å². The van der Waals surface area contributed by atoms with Crippen molar-refractivity contribution < 1.29 is 4.74 Å². The summed E-state index contributed by atoms with van der Waals surface area (Å²) in [5.74, 6) is 0. The molecule has 7 heteroatoms. The second-order valence-electron chi connectivity index (χ2n) is 4.94. The van der Waals surface area contributed by atoms with Gasteiger partial charge in [0.2, 0.25) is 5.28 Å². The number of aromatic nitrogens is 4. The molecule has 1 fully saturated rings. The van der Waals surface area contributed by atoms with E-state index in [1.807, 2.05) is 22.1 Å². The van der Waals surface area contributed by atoms with Gasteiger partial charge in [0.25, 0.3) is 0 Å². The van der Waals surface area contributed by atoms with Gasteiger partial charge in [0.1, 0.15) is 23.8 Å². The van der Waals surface area contributed by atoms with E-state index in [0.29, 0.717) is 5.28 Å². The van der Waals surface area contributed by atoms with Crippen LogP contribution in [0.15, 0.2) is 23.8 Å². The Kier molecular flexibility index (Phi) is 3.37. The Bertz CT molecular complexity index is 765. The maximum absolute atomic E-state index is 6.34. The molecule has 0 aliphatic carbocycles. The number of nitrogens with zero attached hydrogens (tertiary/aromatic N) is 4. The van der Waals surface area contributed by atoms with Crippen molar-refractivity contribution in [2.45, 2.75) is 25.5 Å². The second kappa shape index (κ2) is 5.36. The molecule has 108 valence electrons. The lowest BCUT2D eigenvalue weighted by Crippen LogP contribution is -2.18. The van der Waals surface area contributed by atoms with Gasteiger partial charge in [-0.05, 0) is 42.3 Å². The maximum atomic E-state index is 6.34. The fraction of sp³-hybridized carbons (Fsp3) is 0.357. The Hall–Kier alpha value is -1.50. The summed E-state index contributed by atoms with van der Waals surface area (Å²) in [6.45, 7) is 0.754. The van der Waals surface area contributed by atoms with Crippen molar-refractivity contribution in [3.63, 3.8) is 0 Å². The summed E-state index contributed by atoms with van der Waals surface area (Å²) in [7, 11) is 0. The predicted molar refractivity (Wildman–Crippen MR) is 82.5 cm³/mol. The molecule has 21 heavy (non-hydrogen) atoms. The van der Waals surface area contributed by atoms with Crippen molar-refractivity contribution >= 4 is 34.1 Å². The number of halogens is 1. The van der Waals surface area contributed by atoms with E-state index in [-0.39, 0.29) is 6.23 Å². The molecule has 0 aromatic carbocycles. The Labute approximate surface area is 130 Å². The van der Waals surface area contributed by atoms with Crippen molar-refractivity contribution in [3.05, 3.63) is 29.1 Å². The molecule has 5 nitrogen and oxygen atoms in total. The minimum Gasteiger partial charge on any atom is -0.358 e. The van der Waals surface area contributed by atoms with Crippen LogP contribution < -0.4 is 0 Å². The number of rotatable bonds is 2. The summed E-state index contributed by atoms with van der Waals surface area (Å²) in [5.41, 5.74) is 2.30. The maximum Gasteiger partial charge on any atom is 0.207 e. The first kappa shape index (κ1) is 13.2. The lowest BCUT2D eigenvalue weighted by molar-refractivity contribution is -0.0296. The molecule has 3 aromatic heterocycles. The van der Waals surface area contributed by atoms with Gasteiger partial charge in [-0.1, -0.05) is 6.07 Å². The number of hydrogen-bond donors (Lipinski definition) is 0. The van der Waals surface area contributed by atoms with Gasteiger partial charge >= 0.3 is 0 Å². The highest BCUT2D eigenvalue weighted by Gasteiger charge is 2.24. The van der Waals surface area contributed by atoms with Crippen molar-refractivity contribution in [2.24, 2.45) is 0 Å². The highest BCUT2D eigenvalue weighted by molar-refractivity contribution is 7.13. The molecule has 4 rings (SSSR count). The number of fused-ring (bicyclic) bond motifs is 1. The van der Waals surface area contributed by atoms with E-state index in [1.54, 1.807) is 17.7 Å². The summed E-state index contributed by atoms with van der Waals surface area (Å²) in [5, 5.41) is 2.43. The third kappa shape index (κ3) is 2.23. The van der Waals surface area contributed by atoms with Crippen molar-refractivity contribution in [1.82, 2.24) is 19.5 Å². The normalized spacial score (nSPS) is 19.2. The predicted octanol–water partition coefficient (Wildman–Crippen LogP) is 3.91. The molecule has 0 radical (unpaired) electrons. The monoisotopic (exact) mass is 320 g/mol. The van der Waals surface area contributed by atoms with Gasteiger partial charge in [-0.25, -0.2) is 15.0 Å². The van der Waals surface area contributed by atoms with Gasteiger partial charge in [-0.2, -0.15) is 0 Å². The zero-order chi connectivity index (χ0) is 14.2. The minimum atomic E-state index is -0.0812. The summed E-state index contributed by atoms with van der Waals surface area (Å²) in [6.07, 6.45) is 4.64. The van der Waals surface area contributed by atoms with Crippen LogP contribution in [-0.2, 0) is 4.74 Å². The molecule has 0 amide bonds. The van der Waals surface area contributed by atoms with Gasteiger partial charge in [0.05, 0.1) is 4.88 Å². The number of imidazole rings is 1. The van der Waals surface area contributed by atoms with Gasteiger partial charge in [0, 0.05) is 6.61 Å². The second-order valence-corrected chi connectivity index (χ2v) is 6.23. The molecular weight excluding hydrogens is 308 g/mol. The summed E-state index contributed by atoms with van der Waals surface area (Å²) >= 11 is 7.97. The lowest BCUT2D eigenvalue weighted by atomic mass is 10.2. The average molecular weight is 321 g/mol. The highest BCUT2D eigenvalue weighted by atomic mass is 35.5. The molecule has 0 N–H and O–H groups in total. The van der Waals surface area contributed by atoms with E-state index in [0.717, 1.165) is 47.6 Å². The van der Waals surface area contributed by atoms with E-state index >= 15 is 0 Å². The molecule has 0 spiro atoms. The standard InChI is InChI=1S/C14H13ClN4OS/c15-14-18-12-11(9-4-3-7-21-9)16-8-17-13(12)19(14)10-5-1-2-6-20-10/h3-4,7-8,10H,1-2,5-6H2. The Morgan fingerprint density at radius 1 is 1.33 bits per heavy atom. The van der Waals surface area contributed by atoms with Crippen LogP contribution in [0.3, 0.4) is 0 Å².